The first kappa shape index (κ1) is 12.2. The van der Waals surface area contributed by atoms with Crippen molar-refractivity contribution in [3.63, 3.8) is 0 Å². The molecule has 2 atom stereocenters. The summed E-state index contributed by atoms with van der Waals surface area (Å²) < 4.78 is 1.32. The van der Waals surface area contributed by atoms with Gasteiger partial charge in [-0.3, -0.25) is 9.48 Å². The molecule has 0 unspecified atom stereocenters. The van der Waals surface area contributed by atoms with Crippen LogP contribution < -0.4 is 5.32 Å². The van der Waals surface area contributed by atoms with Crippen molar-refractivity contribution >= 4 is 11.9 Å². The number of amides is 1. The second-order valence-electron chi connectivity index (χ2n) is 3.37. The highest BCUT2D eigenvalue weighted by Crippen LogP contribution is 1.99. The Morgan fingerprint density at radius 1 is 1.56 bits per heavy atom. The van der Waals surface area contributed by atoms with E-state index in [4.69, 9.17) is 5.11 Å². The molecule has 0 aliphatic rings. The zero-order chi connectivity index (χ0) is 12.3. The van der Waals surface area contributed by atoms with Crippen LogP contribution in [-0.2, 0) is 11.8 Å². The summed E-state index contributed by atoms with van der Waals surface area (Å²) in [5.74, 6) is -1.88. The van der Waals surface area contributed by atoms with Gasteiger partial charge in [-0.1, -0.05) is 0 Å². The van der Waals surface area contributed by atoms with Crippen molar-refractivity contribution in [2.45, 2.75) is 19.1 Å². The number of carboxylic acid groups (broad SMARTS) is 1. The molecule has 0 aromatic carbocycles. The van der Waals surface area contributed by atoms with Crippen LogP contribution in [0.25, 0.3) is 0 Å². The van der Waals surface area contributed by atoms with E-state index in [1.807, 2.05) is 0 Å². The number of hydrogen-bond donors (Lipinski definition) is 3. The van der Waals surface area contributed by atoms with E-state index >= 15 is 0 Å². The summed E-state index contributed by atoms with van der Waals surface area (Å²) >= 11 is 0. The molecule has 1 rings (SSSR count). The Balaban J connectivity index is 2.77. The second kappa shape index (κ2) is 4.75. The highest BCUT2D eigenvalue weighted by Gasteiger charge is 2.26. The number of aliphatic carboxylic acids is 1. The van der Waals surface area contributed by atoms with E-state index in [0.29, 0.717) is 0 Å². The molecule has 0 fully saturated rings. The molecule has 3 N–H and O–H groups in total. The Hall–Kier alpha value is -1.89. The summed E-state index contributed by atoms with van der Waals surface area (Å²) in [5.41, 5.74) is 0.229. The van der Waals surface area contributed by atoms with Crippen molar-refractivity contribution in [2.24, 2.45) is 7.05 Å². The van der Waals surface area contributed by atoms with Gasteiger partial charge in [-0.2, -0.15) is 5.10 Å². The Morgan fingerprint density at radius 2 is 2.19 bits per heavy atom. The van der Waals surface area contributed by atoms with Gasteiger partial charge in [-0.15, -0.1) is 0 Å². The molecule has 1 amide bonds. The first-order valence-corrected chi connectivity index (χ1v) is 4.63. The van der Waals surface area contributed by atoms with Crippen molar-refractivity contribution < 1.29 is 19.8 Å². The van der Waals surface area contributed by atoms with Gasteiger partial charge in [-0.25, -0.2) is 4.79 Å². The first-order chi connectivity index (χ1) is 7.43. The van der Waals surface area contributed by atoms with E-state index in [-0.39, 0.29) is 5.69 Å². The Labute approximate surface area is 91.7 Å². The SMILES string of the molecule is C[C@@H](O)[C@H](NC(=O)c1ccnn1C)C(=O)O. The summed E-state index contributed by atoms with van der Waals surface area (Å²) in [7, 11) is 1.56. The van der Waals surface area contributed by atoms with Crippen molar-refractivity contribution in [3.05, 3.63) is 18.0 Å². The van der Waals surface area contributed by atoms with Crippen LogP contribution in [0.1, 0.15) is 17.4 Å². The molecule has 0 spiro atoms. The summed E-state index contributed by atoms with van der Waals surface area (Å²) in [5, 5.41) is 23.9. The average Bonchev–Trinajstić information content (AvgIpc) is 2.59. The molecule has 0 radical (unpaired) electrons. The molecule has 0 aliphatic heterocycles. The minimum absolute atomic E-state index is 0.229. The van der Waals surface area contributed by atoms with Gasteiger partial charge < -0.3 is 15.5 Å². The van der Waals surface area contributed by atoms with Crippen molar-refractivity contribution in [3.8, 4) is 0 Å². The van der Waals surface area contributed by atoms with Crippen molar-refractivity contribution in [1.29, 1.82) is 0 Å². The van der Waals surface area contributed by atoms with E-state index in [1.54, 1.807) is 7.05 Å². The minimum atomic E-state index is -1.33. The van der Waals surface area contributed by atoms with Gasteiger partial charge >= 0.3 is 5.97 Å². The van der Waals surface area contributed by atoms with Crippen LogP contribution in [0.2, 0.25) is 0 Å². The third kappa shape index (κ3) is 2.57. The maximum Gasteiger partial charge on any atom is 0.328 e. The van der Waals surface area contributed by atoms with Gasteiger partial charge in [0.15, 0.2) is 6.04 Å². The van der Waals surface area contributed by atoms with E-state index < -0.39 is 24.0 Å². The summed E-state index contributed by atoms with van der Waals surface area (Å²) in [6.45, 7) is 1.29. The number of aromatic nitrogens is 2. The van der Waals surface area contributed by atoms with Gasteiger partial charge in [0.1, 0.15) is 5.69 Å². The normalized spacial score (nSPS) is 14.2. The third-order valence-corrected chi connectivity index (χ3v) is 2.09. The highest BCUT2D eigenvalue weighted by molar-refractivity contribution is 5.95. The summed E-state index contributed by atoms with van der Waals surface area (Å²) in [4.78, 5) is 22.3. The maximum atomic E-state index is 11.6. The van der Waals surface area contributed by atoms with Gasteiger partial charge in [0.25, 0.3) is 5.91 Å². The van der Waals surface area contributed by atoms with Crippen LogP contribution >= 0.6 is 0 Å². The van der Waals surface area contributed by atoms with E-state index in [2.05, 4.69) is 10.4 Å². The average molecular weight is 227 g/mol. The third-order valence-electron chi connectivity index (χ3n) is 2.09. The predicted octanol–water partition coefficient (Wildman–Crippen LogP) is -1.02. The van der Waals surface area contributed by atoms with E-state index in [9.17, 15) is 14.7 Å². The van der Waals surface area contributed by atoms with Crippen LogP contribution in [-0.4, -0.2) is 44.0 Å². The number of aryl methyl sites for hydroxylation is 1. The largest absolute Gasteiger partial charge is 0.480 e. The minimum Gasteiger partial charge on any atom is -0.480 e. The summed E-state index contributed by atoms with van der Waals surface area (Å²) in [6.07, 6.45) is 0.252. The van der Waals surface area contributed by atoms with Gasteiger partial charge in [0, 0.05) is 13.2 Å². The molecular weight excluding hydrogens is 214 g/mol. The number of aliphatic hydroxyl groups excluding tert-OH is 1. The zero-order valence-electron chi connectivity index (χ0n) is 8.91. The molecule has 0 bridgehead atoms. The van der Waals surface area contributed by atoms with Crippen molar-refractivity contribution in [1.82, 2.24) is 15.1 Å². The van der Waals surface area contributed by atoms with E-state index in [0.717, 1.165) is 0 Å². The van der Waals surface area contributed by atoms with Gasteiger partial charge in [-0.05, 0) is 13.0 Å². The van der Waals surface area contributed by atoms with Gasteiger partial charge in [0.2, 0.25) is 0 Å². The van der Waals surface area contributed by atoms with Crippen LogP contribution in [0.15, 0.2) is 12.3 Å². The Bertz CT molecular complexity index is 399. The van der Waals surface area contributed by atoms with Crippen molar-refractivity contribution in [2.75, 3.05) is 0 Å². The predicted molar refractivity (Wildman–Crippen MR) is 53.8 cm³/mol. The number of carboxylic acids is 1. The number of hydrogen-bond acceptors (Lipinski definition) is 4. The van der Waals surface area contributed by atoms with Crippen LogP contribution in [0.4, 0.5) is 0 Å². The zero-order valence-corrected chi connectivity index (χ0v) is 8.91. The molecule has 88 valence electrons. The Morgan fingerprint density at radius 3 is 2.56 bits per heavy atom. The molecular formula is C9H13N3O4. The van der Waals surface area contributed by atoms with Gasteiger partial charge in [0.05, 0.1) is 6.10 Å². The maximum absolute atomic E-state index is 11.6. The lowest BCUT2D eigenvalue weighted by Gasteiger charge is -2.16. The number of rotatable bonds is 4. The molecule has 1 aromatic heterocycles. The monoisotopic (exact) mass is 227 g/mol. The second-order valence-corrected chi connectivity index (χ2v) is 3.37. The van der Waals surface area contributed by atoms with Crippen LogP contribution in [0, 0.1) is 0 Å². The Kier molecular flexibility index (Phi) is 3.62. The topological polar surface area (TPSA) is 104 Å². The van der Waals surface area contributed by atoms with E-state index in [1.165, 1.54) is 23.9 Å². The molecule has 1 heterocycles. The summed E-state index contributed by atoms with van der Waals surface area (Å²) in [6, 6.07) is 0.124. The number of nitrogens with zero attached hydrogens (tertiary/aromatic N) is 2. The standard InChI is InChI=1S/C9H13N3O4/c1-5(13)7(9(15)16)11-8(14)6-3-4-10-12(6)2/h3-5,7,13H,1-2H3,(H,11,14)(H,15,16)/t5-,7+/m1/s1. The lowest BCUT2D eigenvalue weighted by atomic mass is 10.2. The lowest BCUT2D eigenvalue weighted by Crippen LogP contribution is -2.48. The number of nitrogens with one attached hydrogen (secondary N) is 1. The molecule has 16 heavy (non-hydrogen) atoms. The molecule has 7 heteroatoms. The number of carbonyl (C=O) groups excluding carboxylic acids is 1. The molecule has 0 aliphatic carbocycles. The quantitative estimate of drug-likeness (QED) is 0.611. The van der Waals surface area contributed by atoms with Crippen LogP contribution in [0.5, 0.6) is 0 Å². The fourth-order valence-electron chi connectivity index (χ4n) is 1.20. The number of carbonyl (C=O) groups is 2. The molecule has 7 nitrogen and oxygen atoms in total. The smallest absolute Gasteiger partial charge is 0.328 e. The highest BCUT2D eigenvalue weighted by atomic mass is 16.4. The molecule has 1 aromatic rings. The molecule has 0 saturated heterocycles. The molecule has 0 saturated carbocycles. The first-order valence-electron chi connectivity index (χ1n) is 4.63. The fraction of sp³-hybridized carbons (Fsp3) is 0.444. The van der Waals surface area contributed by atoms with Crippen LogP contribution in [0.3, 0.4) is 0 Å². The number of aliphatic hydroxyl groups is 1. The fourth-order valence-corrected chi connectivity index (χ4v) is 1.20. The lowest BCUT2D eigenvalue weighted by molar-refractivity contribution is -0.141.